The van der Waals surface area contributed by atoms with Crippen LogP contribution in [0.2, 0.25) is 0 Å². The predicted octanol–water partition coefficient (Wildman–Crippen LogP) is 8.22. The molecule has 0 aliphatic carbocycles. The first-order chi connectivity index (χ1) is 21.0. The van der Waals surface area contributed by atoms with Crippen molar-refractivity contribution in [2.45, 2.75) is 12.4 Å². The first-order valence-corrected chi connectivity index (χ1v) is 14.1. The van der Waals surface area contributed by atoms with Crippen LogP contribution in [0.5, 0.6) is 0 Å². The second-order valence-electron chi connectivity index (χ2n) is 9.58. The lowest BCUT2D eigenvalue weighted by Crippen LogP contribution is -2.03. The summed E-state index contributed by atoms with van der Waals surface area (Å²) >= 11 is 1.18. The molecule has 0 unspecified atom stereocenters. The van der Waals surface area contributed by atoms with Crippen molar-refractivity contribution in [2.75, 3.05) is 0 Å². The summed E-state index contributed by atoms with van der Waals surface area (Å²) in [6, 6.07) is 14.6. The van der Waals surface area contributed by atoms with E-state index in [1.165, 1.54) is 12.1 Å². The number of thiophene rings is 2. The smallest absolute Gasteiger partial charge is 0.241 e. The van der Waals surface area contributed by atoms with Crippen LogP contribution in [0, 0.1) is 22.9 Å². The first-order valence-electron chi connectivity index (χ1n) is 12.5. The number of benzene rings is 2. The summed E-state index contributed by atoms with van der Waals surface area (Å²) in [5.74, 6) is 0. The van der Waals surface area contributed by atoms with Gasteiger partial charge in [-0.2, -0.15) is 46.9 Å². The van der Waals surface area contributed by atoms with Crippen LogP contribution < -0.4 is 10.7 Å². The van der Waals surface area contributed by atoms with E-state index in [0.717, 1.165) is 12.1 Å². The summed E-state index contributed by atoms with van der Waals surface area (Å²) in [4.78, 5) is 16.7. The Labute approximate surface area is 249 Å². The molecule has 7 aromatic rings. The van der Waals surface area contributed by atoms with Gasteiger partial charge in [0.2, 0.25) is 12.4 Å². The molecule has 3 aromatic heterocycles. The number of nitrogens with zero attached hydrogens (tertiary/aromatic N) is 6. The zero-order valence-electron chi connectivity index (χ0n) is 21.5. The fraction of sp³-hybridized carbons (Fsp3) is 0.0667. The molecular weight excluding hydrogens is 622 g/mol. The second kappa shape index (κ2) is 9.67. The van der Waals surface area contributed by atoms with Crippen molar-refractivity contribution in [3.05, 3.63) is 81.1 Å². The van der Waals surface area contributed by atoms with Crippen molar-refractivity contribution >= 4 is 66.3 Å². The number of alkyl halides is 6. The Morgan fingerprint density at radius 3 is 1.30 bits per heavy atom. The number of hydrogen-bond acceptors (Lipinski definition) is 8. The molecule has 0 saturated carbocycles. The molecule has 0 aliphatic rings. The van der Waals surface area contributed by atoms with Gasteiger partial charge in [-0.05, 0) is 47.5 Å². The molecule has 0 radical (unpaired) electrons. The van der Waals surface area contributed by atoms with Gasteiger partial charge in [-0.15, -0.1) is 22.7 Å². The molecule has 0 amide bonds. The minimum Gasteiger partial charge on any atom is -0.241 e. The molecular formula is C30H10F6N6S2. The van der Waals surface area contributed by atoms with Crippen LogP contribution in [0.4, 0.5) is 26.3 Å². The van der Waals surface area contributed by atoms with Crippen molar-refractivity contribution in [1.82, 2.24) is 9.97 Å². The molecule has 6 nitrogen and oxygen atoms in total. The van der Waals surface area contributed by atoms with Crippen LogP contribution in [-0.4, -0.2) is 9.97 Å². The van der Waals surface area contributed by atoms with Crippen molar-refractivity contribution in [2.24, 2.45) is 9.98 Å². The Bertz CT molecular complexity index is 2340. The summed E-state index contributed by atoms with van der Waals surface area (Å²) < 4.78 is 79.2. The third-order valence-electron chi connectivity index (χ3n) is 7.07. The van der Waals surface area contributed by atoms with E-state index < -0.39 is 22.1 Å². The summed E-state index contributed by atoms with van der Waals surface area (Å²) in [6.45, 7) is 0. The molecule has 0 N–H and O–H groups in total. The van der Waals surface area contributed by atoms with E-state index in [-0.39, 0.29) is 21.7 Å². The Balaban J connectivity index is 1.48. The van der Waals surface area contributed by atoms with Gasteiger partial charge in [0.05, 0.1) is 11.0 Å². The van der Waals surface area contributed by atoms with Gasteiger partial charge in [0, 0.05) is 31.3 Å². The highest BCUT2D eigenvalue weighted by Crippen LogP contribution is 2.41. The maximum atomic E-state index is 13.2. The molecule has 0 bridgehead atoms. The van der Waals surface area contributed by atoms with Crippen LogP contribution >= 0.6 is 22.7 Å². The third-order valence-corrected chi connectivity index (χ3v) is 9.43. The van der Waals surface area contributed by atoms with E-state index in [1.54, 1.807) is 48.8 Å². The normalized spacial score (nSPS) is 13.5. The summed E-state index contributed by atoms with van der Waals surface area (Å²) in [5, 5.41) is 21.3. The van der Waals surface area contributed by atoms with Crippen LogP contribution in [-0.2, 0) is 12.4 Å². The number of aromatic nitrogens is 2. The highest BCUT2D eigenvalue weighted by molar-refractivity contribution is 7.16. The van der Waals surface area contributed by atoms with Crippen molar-refractivity contribution < 1.29 is 26.3 Å². The van der Waals surface area contributed by atoms with Gasteiger partial charge in [0.15, 0.2) is 0 Å². The molecule has 3 heterocycles. The Hall–Kier alpha value is -5.18. The highest BCUT2D eigenvalue weighted by Gasteiger charge is 2.33. The minimum atomic E-state index is -4.48. The minimum absolute atomic E-state index is 0.185. The number of nitriles is 2. The summed E-state index contributed by atoms with van der Waals surface area (Å²) in [7, 11) is 0. The summed E-state index contributed by atoms with van der Waals surface area (Å²) in [5.41, 5.74) is 2.19. The van der Waals surface area contributed by atoms with Gasteiger partial charge in [0.25, 0.3) is 0 Å². The number of hydrogen-bond donors (Lipinski definition) is 0. The topological polar surface area (TPSA) is 98.1 Å². The molecule has 0 spiro atoms. The number of halogens is 6. The first kappa shape index (κ1) is 27.6. The van der Waals surface area contributed by atoms with Crippen LogP contribution in [0.25, 0.3) is 64.5 Å². The third kappa shape index (κ3) is 4.30. The van der Waals surface area contributed by atoms with Gasteiger partial charge in [-0.25, -0.2) is 9.97 Å². The zero-order valence-corrected chi connectivity index (χ0v) is 23.2. The van der Waals surface area contributed by atoms with Gasteiger partial charge >= 0.3 is 12.4 Å². The van der Waals surface area contributed by atoms with Gasteiger partial charge in [-0.1, -0.05) is 24.3 Å². The molecule has 4 aromatic carbocycles. The molecule has 0 aliphatic heterocycles. The maximum absolute atomic E-state index is 13.2. The Morgan fingerprint density at radius 1 is 0.545 bits per heavy atom. The molecule has 0 atom stereocenters. The lowest BCUT2D eigenvalue weighted by molar-refractivity contribution is -0.135. The fourth-order valence-corrected chi connectivity index (χ4v) is 6.95. The second-order valence-corrected chi connectivity index (χ2v) is 11.8. The Morgan fingerprint density at radius 2 is 0.955 bits per heavy atom. The SMILES string of the molecule is N#CN=c1c2cc(-c3ccc(C(F)(F)F)s3)ccc2c2nc3c(=NC#N)c4cc(-c5ccc(C(F)(F)F)s5)ccc4c3nc12. The quantitative estimate of drug-likeness (QED) is 0.142. The Kier molecular flexibility index (Phi) is 6.07. The molecule has 0 fully saturated rings. The van der Waals surface area contributed by atoms with E-state index >= 15 is 0 Å². The summed E-state index contributed by atoms with van der Waals surface area (Å²) in [6.07, 6.45) is -5.44. The van der Waals surface area contributed by atoms with E-state index in [1.807, 2.05) is 0 Å². The highest BCUT2D eigenvalue weighted by atomic mass is 32.1. The van der Waals surface area contributed by atoms with E-state index in [9.17, 15) is 36.9 Å². The van der Waals surface area contributed by atoms with E-state index in [0.29, 0.717) is 76.1 Å². The van der Waals surface area contributed by atoms with Crippen molar-refractivity contribution in [1.29, 1.82) is 10.5 Å². The van der Waals surface area contributed by atoms with E-state index in [2.05, 4.69) is 9.98 Å². The predicted molar refractivity (Wildman–Crippen MR) is 153 cm³/mol. The van der Waals surface area contributed by atoms with E-state index in [4.69, 9.17) is 9.97 Å². The molecule has 14 heteroatoms. The van der Waals surface area contributed by atoms with Gasteiger partial charge in [-0.3, -0.25) is 0 Å². The molecule has 44 heavy (non-hydrogen) atoms. The van der Waals surface area contributed by atoms with Crippen LogP contribution in [0.15, 0.2) is 70.6 Å². The zero-order chi connectivity index (χ0) is 31.0. The average molecular weight is 633 g/mol. The lowest BCUT2D eigenvalue weighted by Gasteiger charge is -2.01. The van der Waals surface area contributed by atoms with Crippen molar-refractivity contribution in [3.63, 3.8) is 0 Å². The van der Waals surface area contributed by atoms with Gasteiger partial charge < -0.3 is 0 Å². The fourth-order valence-electron chi connectivity index (χ4n) is 5.21. The molecule has 214 valence electrons. The standard InChI is InChI=1S/C30H10F6N6S2/c31-29(32,33)21-7-5-19(43-21)13-1-3-15-17(9-13)23(39-11-37)27-25(15)41-28-24(40-12-38)18-10-14(2-4-16(18)26(28)42-27)20-6-8-22(44-20)30(34,35)36/h1-10H. The maximum Gasteiger partial charge on any atom is 0.425 e. The lowest BCUT2D eigenvalue weighted by atomic mass is 10.1. The molecule has 0 saturated heterocycles. The largest absolute Gasteiger partial charge is 0.425 e. The number of fused-ring (bicyclic) bond motifs is 6. The molecule has 7 rings (SSSR count). The number of rotatable bonds is 2. The van der Waals surface area contributed by atoms with Crippen LogP contribution in [0.1, 0.15) is 9.75 Å². The monoisotopic (exact) mass is 632 g/mol. The van der Waals surface area contributed by atoms with Gasteiger partial charge in [0.1, 0.15) is 31.5 Å². The van der Waals surface area contributed by atoms with Crippen molar-refractivity contribution in [3.8, 4) is 33.3 Å². The average Bonchev–Trinajstić information content (AvgIpc) is 3.77. The van der Waals surface area contributed by atoms with Crippen LogP contribution in [0.3, 0.4) is 0 Å².